The van der Waals surface area contributed by atoms with Crippen molar-refractivity contribution >= 4 is 17.1 Å². The van der Waals surface area contributed by atoms with Gasteiger partial charge in [0.2, 0.25) is 0 Å². The maximum atomic E-state index is 13.0. The molecule has 1 saturated heterocycles. The first kappa shape index (κ1) is 20.7. The number of nitrogens with zero attached hydrogens (tertiary/aromatic N) is 3. The van der Waals surface area contributed by atoms with Gasteiger partial charge in [0.05, 0.1) is 36.4 Å². The molecule has 2 aromatic carbocycles. The Bertz CT molecular complexity index is 1140. The Morgan fingerprint density at radius 3 is 2.56 bits per heavy atom. The van der Waals surface area contributed by atoms with Crippen molar-refractivity contribution in [2.24, 2.45) is 5.92 Å². The van der Waals surface area contributed by atoms with Crippen LogP contribution in [0.5, 0.6) is 5.75 Å². The zero-order chi connectivity index (χ0) is 22.3. The van der Waals surface area contributed by atoms with Gasteiger partial charge in [0.1, 0.15) is 12.4 Å². The molecular formula is C23H23F3N4O2. The minimum absolute atomic E-state index is 0.0452. The Balaban J connectivity index is 1.33. The molecule has 168 valence electrons. The van der Waals surface area contributed by atoms with Gasteiger partial charge in [-0.2, -0.15) is 13.2 Å². The van der Waals surface area contributed by atoms with E-state index in [0.717, 1.165) is 33.5 Å². The smallest absolute Gasteiger partial charge is 0.391 e. The normalized spacial score (nSPS) is 17.7. The van der Waals surface area contributed by atoms with E-state index >= 15 is 0 Å². The predicted molar refractivity (Wildman–Crippen MR) is 113 cm³/mol. The van der Waals surface area contributed by atoms with Crippen LogP contribution in [0.1, 0.15) is 18.4 Å². The average Bonchev–Trinajstić information content (AvgIpc) is 3.15. The summed E-state index contributed by atoms with van der Waals surface area (Å²) in [4.78, 5) is 23.6. The highest BCUT2D eigenvalue weighted by molar-refractivity contribution is 5.82. The molecule has 1 N–H and O–H groups in total. The number of imidazole rings is 1. The second kappa shape index (κ2) is 8.03. The van der Waals surface area contributed by atoms with Crippen molar-refractivity contribution in [3.63, 3.8) is 0 Å². The Labute approximate surface area is 183 Å². The van der Waals surface area contributed by atoms with E-state index in [-0.39, 0.29) is 32.0 Å². The first-order valence-corrected chi connectivity index (χ1v) is 10.7. The Hall–Kier alpha value is -3.23. The highest BCUT2D eigenvalue weighted by Gasteiger charge is 2.42. The van der Waals surface area contributed by atoms with Crippen LogP contribution in [0.3, 0.4) is 0 Å². The van der Waals surface area contributed by atoms with Crippen molar-refractivity contribution in [1.82, 2.24) is 19.8 Å². The second-order valence-electron chi connectivity index (χ2n) is 8.31. The standard InChI is InChI=1S/C23H23F3N4O2/c24-23(25,26)18-5-7-29(8-6-18)22(31)30-9-10-32-21-4-2-15(11-17(21)13-30)16-1-3-19-20(12-16)28-14-27-19/h1-4,11-12,14,18H,5-10,13H2,(H,27,28). The zero-order valence-electron chi connectivity index (χ0n) is 17.4. The molecule has 3 aromatic rings. The van der Waals surface area contributed by atoms with Crippen molar-refractivity contribution < 1.29 is 22.7 Å². The number of fused-ring (bicyclic) bond motifs is 2. The third-order valence-electron chi connectivity index (χ3n) is 6.29. The van der Waals surface area contributed by atoms with Gasteiger partial charge in [0.25, 0.3) is 0 Å². The van der Waals surface area contributed by atoms with Crippen LogP contribution in [0, 0.1) is 5.92 Å². The number of hydrogen-bond donors (Lipinski definition) is 1. The average molecular weight is 444 g/mol. The molecule has 32 heavy (non-hydrogen) atoms. The molecule has 0 atom stereocenters. The summed E-state index contributed by atoms with van der Waals surface area (Å²) in [6, 6.07) is 11.6. The molecule has 0 bridgehead atoms. The third-order valence-corrected chi connectivity index (χ3v) is 6.29. The number of likely N-dealkylation sites (tertiary alicyclic amines) is 1. The summed E-state index contributed by atoms with van der Waals surface area (Å²) in [5, 5.41) is 0. The van der Waals surface area contributed by atoms with Gasteiger partial charge in [-0.25, -0.2) is 9.78 Å². The fraction of sp³-hybridized carbons (Fsp3) is 0.391. The van der Waals surface area contributed by atoms with Crippen LogP contribution in [-0.2, 0) is 6.54 Å². The summed E-state index contributed by atoms with van der Waals surface area (Å²) in [6.45, 7) is 1.34. The molecule has 0 spiro atoms. The molecule has 2 aliphatic heterocycles. The lowest BCUT2D eigenvalue weighted by Crippen LogP contribution is -2.48. The van der Waals surface area contributed by atoms with E-state index in [4.69, 9.17) is 4.74 Å². The minimum Gasteiger partial charge on any atom is -0.491 e. The number of urea groups is 1. The molecule has 0 aliphatic carbocycles. The van der Waals surface area contributed by atoms with Crippen molar-refractivity contribution in [2.45, 2.75) is 25.6 Å². The van der Waals surface area contributed by atoms with Gasteiger partial charge in [-0.05, 0) is 48.2 Å². The number of carbonyl (C=O) groups is 1. The monoisotopic (exact) mass is 444 g/mol. The number of alkyl halides is 3. The SMILES string of the molecule is O=C(N1CCC(C(F)(F)F)CC1)N1CCOc2ccc(-c3ccc4nc[nH]c4c3)cc2C1. The first-order valence-electron chi connectivity index (χ1n) is 10.7. The molecule has 2 aliphatic rings. The van der Waals surface area contributed by atoms with E-state index in [1.165, 1.54) is 4.90 Å². The summed E-state index contributed by atoms with van der Waals surface area (Å²) in [7, 11) is 0. The highest BCUT2D eigenvalue weighted by atomic mass is 19.4. The van der Waals surface area contributed by atoms with E-state index in [1.54, 1.807) is 11.2 Å². The number of carbonyl (C=O) groups excluding carboxylic acids is 1. The lowest BCUT2D eigenvalue weighted by atomic mass is 9.96. The van der Waals surface area contributed by atoms with Crippen LogP contribution >= 0.6 is 0 Å². The number of piperidine rings is 1. The maximum absolute atomic E-state index is 13.0. The number of nitrogens with one attached hydrogen (secondary N) is 1. The third kappa shape index (κ3) is 3.99. The van der Waals surface area contributed by atoms with E-state index in [9.17, 15) is 18.0 Å². The van der Waals surface area contributed by atoms with Crippen LogP contribution in [0.2, 0.25) is 0 Å². The van der Waals surface area contributed by atoms with Crippen LogP contribution in [0.25, 0.3) is 22.2 Å². The summed E-state index contributed by atoms with van der Waals surface area (Å²) in [5.74, 6) is -0.600. The fourth-order valence-electron chi connectivity index (χ4n) is 4.45. The summed E-state index contributed by atoms with van der Waals surface area (Å²) < 4.78 is 44.7. The van der Waals surface area contributed by atoms with Crippen LogP contribution in [-0.4, -0.2) is 58.2 Å². The molecule has 1 aromatic heterocycles. The van der Waals surface area contributed by atoms with Gasteiger partial charge in [-0.15, -0.1) is 0 Å². The van der Waals surface area contributed by atoms with E-state index in [1.807, 2.05) is 36.4 Å². The number of H-pyrrole nitrogens is 1. The Morgan fingerprint density at radius 1 is 1.03 bits per heavy atom. The number of ether oxygens (including phenoxy) is 1. The number of aromatic nitrogens is 2. The molecule has 0 unspecified atom stereocenters. The highest BCUT2D eigenvalue weighted by Crippen LogP contribution is 2.35. The molecule has 0 saturated carbocycles. The lowest BCUT2D eigenvalue weighted by Gasteiger charge is -2.35. The van der Waals surface area contributed by atoms with Crippen molar-refractivity contribution in [3.05, 3.63) is 48.3 Å². The first-order chi connectivity index (χ1) is 15.4. The van der Waals surface area contributed by atoms with Crippen LogP contribution in [0.4, 0.5) is 18.0 Å². The molecular weight excluding hydrogens is 421 g/mol. The van der Waals surface area contributed by atoms with Gasteiger partial charge in [-0.1, -0.05) is 12.1 Å². The van der Waals surface area contributed by atoms with Gasteiger partial charge in [-0.3, -0.25) is 0 Å². The summed E-state index contributed by atoms with van der Waals surface area (Å²) >= 11 is 0. The molecule has 5 rings (SSSR count). The number of benzene rings is 2. The molecule has 2 amide bonds. The lowest BCUT2D eigenvalue weighted by molar-refractivity contribution is -0.183. The predicted octanol–water partition coefficient (Wildman–Crippen LogP) is 4.82. The molecule has 1 fully saturated rings. The Morgan fingerprint density at radius 2 is 1.78 bits per heavy atom. The fourth-order valence-corrected chi connectivity index (χ4v) is 4.45. The Kier molecular flexibility index (Phi) is 5.19. The molecule has 3 heterocycles. The number of amides is 2. The second-order valence-corrected chi connectivity index (χ2v) is 8.31. The van der Waals surface area contributed by atoms with Crippen LogP contribution in [0.15, 0.2) is 42.7 Å². The molecule has 0 radical (unpaired) electrons. The zero-order valence-corrected chi connectivity index (χ0v) is 17.4. The number of rotatable bonds is 1. The van der Waals surface area contributed by atoms with E-state index in [0.29, 0.717) is 19.7 Å². The minimum atomic E-state index is -4.19. The number of halogens is 3. The van der Waals surface area contributed by atoms with Crippen molar-refractivity contribution in [1.29, 1.82) is 0 Å². The van der Waals surface area contributed by atoms with Gasteiger partial charge in [0, 0.05) is 18.7 Å². The molecule has 6 nitrogen and oxygen atoms in total. The van der Waals surface area contributed by atoms with Crippen molar-refractivity contribution in [3.8, 4) is 16.9 Å². The molecule has 9 heteroatoms. The summed E-state index contributed by atoms with van der Waals surface area (Å²) in [6.07, 6.45) is -2.63. The van der Waals surface area contributed by atoms with Gasteiger partial charge >= 0.3 is 12.2 Å². The number of aromatic amines is 1. The van der Waals surface area contributed by atoms with Gasteiger partial charge in [0.15, 0.2) is 0 Å². The largest absolute Gasteiger partial charge is 0.491 e. The van der Waals surface area contributed by atoms with E-state index < -0.39 is 12.1 Å². The maximum Gasteiger partial charge on any atom is 0.391 e. The topological polar surface area (TPSA) is 61.5 Å². The number of hydrogen-bond acceptors (Lipinski definition) is 3. The van der Waals surface area contributed by atoms with Crippen LogP contribution < -0.4 is 4.74 Å². The van der Waals surface area contributed by atoms with E-state index in [2.05, 4.69) is 9.97 Å². The van der Waals surface area contributed by atoms with Gasteiger partial charge < -0.3 is 19.5 Å². The van der Waals surface area contributed by atoms with Crippen molar-refractivity contribution in [2.75, 3.05) is 26.2 Å². The summed E-state index contributed by atoms with van der Waals surface area (Å²) in [5.41, 5.74) is 4.71. The quantitative estimate of drug-likeness (QED) is 0.586.